The summed E-state index contributed by atoms with van der Waals surface area (Å²) in [6.07, 6.45) is 1.66. The molecule has 4 nitrogen and oxygen atoms in total. The Labute approximate surface area is 91.3 Å². The summed E-state index contributed by atoms with van der Waals surface area (Å²) < 4.78 is 28.3. The zero-order chi connectivity index (χ0) is 11.1. The van der Waals surface area contributed by atoms with Crippen LogP contribution in [-0.4, -0.2) is 38.3 Å². The van der Waals surface area contributed by atoms with Gasteiger partial charge in [-0.05, 0) is 32.6 Å². The van der Waals surface area contributed by atoms with Gasteiger partial charge in [0.15, 0.2) is 9.84 Å². The van der Waals surface area contributed by atoms with Crippen LogP contribution in [0.1, 0.15) is 26.7 Å². The zero-order valence-corrected chi connectivity index (χ0v) is 10.1. The van der Waals surface area contributed by atoms with Crippen molar-refractivity contribution in [1.29, 1.82) is 0 Å². The first-order valence-electron chi connectivity index (χ1n) is 5.48. The van der Waals surface area contributed by atoms with Crippen molar-refractivity contribution < 1.29 is 13.2 Å². The van der Waals surface area contributed by atoms with E-state index in [1.807, 2.05) is 13.8 Å². The predicted octanol–water partition coefficient (Wildman–Crippen LogP) is 0.536. The highest BCUT2D eigenvalue weighted by Crippen LogP contribution is 2.27. The molecule has 0 aromatic rings. The molecule has 2 aliphatic heterocycles. The zero-order valence-electron chi connectivity index (χ0n) is 9.32. The number of ether oxygens (including phenoxy) is 1. The van der Waals surface area contributed by atoms with Gasteiger partial charge in [-0.3, -0.25) is 5.32 Å². The first-order valence-corrected chi connectivity index (χ1v) is 7.30. The van der Waals surface area contributed by atoms with E-state index in [-0.39, 0.29) is 17.7 Å². The van der Waals surface area contributed by atoms with Gasteiger partial charge in [0.2, 0.25) is 0 Å². The first kappa shape index (κ1) is 11.4. The maximum Gasteiger partial charge on any atom is 0.150 e. The van der Waals surface area contributed by atoms with Crippen LogP contribution in [-0.2, 0) is 14.6 Å². The highest BCUT2D eigenvalue weighted by Gasteiger charge is 2.35. The lowest BCUT2D eigenvalue weighted by atomic mass is 10.0. The molecule has 88 valence electrons. The number of hydrogen-bond acceptors (Lipinski definition) is 4. The van der Waals surface area contributed by atoms with Crippen LogP contribution in [0.2, 0.25) is 0 Å². The Bertz CT molecular complexity index is 337. The van der Waals surface area contributed by atoms with E-state index in [1.165, 1.54) is 0 Å². The van der Waals surface area contributed by atoms with Crippen molar-refractivity contribution in [3.63, 3.8) is 0 Å². The molecule has 0 amide bonds. The fourth-order valence-corrected chi connectivity index (χ4v) is 4.20. The van der Waals surface area contributed by atoms with Crippen LogP contribution in [0.3, 0.4) is 0 Å². The smallest absolute Gasteiger partial charge is 0.150 e. The fraction of sp³-hybridized carbons (Fsp3) is 1.00. The molecule has 2 fully saturated rings. The highest BCUT2D eigenvalue weighted by molar-refractivity contribution is 7.91. The van der Waals surface area contributed by atoms with E-state index in [1.54, 1.807) is 0 Å². The Morgan fingerprint density at radius 1 is 1.47 bits per heavy atom. The summed E-state index contributed by atoms with van der Waals surface area (Å²) in [5.74, 6) is 0.976. The van der Waals surface area contributed by atoms with Gasteiger partial charge in [0.25, 0.3) is 0 Å². The second-order valence-corrected chi connectivity index (χ2v) is 7.48. The van der Waals surface area contributed by atoms with Crippen molar-refractivity contribution >= 4 is 9.84 Å². The number of hydrogen-bond donors (Lipinski definition) is 1. The number of sulfone groups is 1. The Morgan fingerprint density at radius 2 is 2.20 bits per heavy atom. The van der Waals surface area contributed by atoms with Gasteiger partial charge in [-0.1, -0.05) is 0 Å². The summed E-state index contributed by atoms with van der Waals surface area (Å²) in [6, 6.07) is 0. The molecule has 15 heavy (non-hydrogen) atoms. The van der Waals surface area contributed by atoms with Crippen LogP contribution in [0.5, 0.6) is 0 Å². The Morgan fingerprint density at radius 3 is 2.67 bits per heavy atom. The van der Waals surface area contributed by atoms with Gasteiger partial charge in [0, 0.05) is 6.54 Å². The van der Waals surface area contributed by atoms with Crippen molar-refractivity contribution in [2.24, 2.45) is 5.92 Å². The van der Waals surface area contributed by atoms with Crippen LogP contribution < -0.4 is 5.32 Å². The molecule has 2 aliphatic rings. The summed E-state index contributed by atoms with van der Waals surface area (Å²) >= 11 is 0. The molecule has 0 aliphatic carbocycles. The third kappa shape index (κ3) is 2.92. The minimum absolute atomic E-state index is 0.0401. The molecule has 0 radical (unpaired) electrons. The Hall–Kier alpha value is -0.130. The Balaban J connectivity index is 1.85. The van der Waals surface area contributed by atoms with E-state index < -0.39 is 9.84 Å². The van der Waals surface area contributed by atoms with Crippen LogP contribution in [0.25, 0.3) is 0 Å². The molecule has 2 atom stereocenters. The quantitative estimate of drug-likeness (QED) is 0.756. The number of nitrogens with one attached hydrogen (secondary N) is 1. The lowest BCUT2D eigenvalue weighted by Gasteiger charge is -2.19. The summed E-state index contributed by atoms with van der Waals surface area (Å²) in [5, 5.41) is 3.28. The van der Waals surface area contributed by atoms with Gasteiger partial charge in [-0.2, -0.15) is 0 Å². The largest absolute Gasteiger partial charge is 0.356 e. The molecule has 0 spiro atoms. The SMILES string of the molecule is CC1(C)CNC(CC2CCS(=O)(=O)C2)O1. The third-order valence-electron chi connectivity index (χ3n) is 3.09. The van der Waals surface area contributed by atoms with Crippen LogP contribution >= 0.6 is 0 Å². The average Bonchev–Trinajstić information content (AvgIpc) is 2.56. The lowest BCUT2D eigenvalue weighted by molar-refractivity contribution is -0.0231. The molecule has 1 N–H and O–H groups in total. The van der Waals surface area contributed by atoms with Gasteiger partial charge in [0.05, 0.1) is 17.1 Å². The number of rotatable bonds is 2. The maximum atomic E-state index is 11.3. The average molecular weight is 233 g/mol. The van der Waals surface area contributed by atoms with Gasteiger partial charge in [-0.25, -0.2) is 8.42 Å². The van der Waals surface area contributed by atoms with Crippen molar-refractivity contribution in [3.05, 3.63) is 0 Å². The molecule has 2 heterocycles. The molecule has 2 unspecified atom stereocenters. The van der Waals surface area contributed by atoms with Gasteiger partial charge in [-0.15, -0.1) is 0 Å². The van der Waals surface area contributed by atoms with Crippen molar-refractivity contribution in [1.82, 2.24) is 5.32 Å². The monoisotopic (exact) mass is 233 g/mol. The molecule has 2 rings (SSSR count). The van der Waals surface area contributed by atoms with Gasteiger partial charge < -0.3 is 4.74 Å². The van der Waals surface area contributed by atoms with E-state index in [4.69, 9.17) is 4.74 Å². The topological polar surface area (TPSA) is 55.4 Å². The second-order valence-electron chi connectivity index (χ2n) is 5.25. The van der Waals surface area contributed by atoms with Gasteiger partial charge in [0.1, 0.15) is 6.23 Å². The predicted molar refractivity (Wildman–Crippen MR) is 58.3 cm³/mol. The van der Waals surface area contributed by atoms with Crippen molar-refractivity contribution in [2.45, 2.75) is 38.5 Å². The molecule has 5 heteroatoms. The minimum atomic E-state index is -2.75. The third-order valence-corrected chi connectivity index (χ3v) is 4.93. The van der Waals surface area contributed by atoms with Crippen LogP contribution in [0.15, 0.2) is 0 Å². The normalized spacial score (nSPS) is 38.3. The van der Waals surface area contributed by atoms with E-state index in [0.717, 1.165) is 19.4 Å². The summed E-state index contributed by atoms with van der Waals surface area (Å²) in [7, 11) is -2.75. The van der Waals surface area contributed by atoms with E-state index in [2.05, 4.69) is 5.32 Å². The maximum absolute atomic E-state index is 11.3. The highest BCUT2D eigenvalue weighted by atomic mass is 32.2. The summed E-state index contributed by atoms with van der Waals surface area (Å²) in [5.41, 5.74) is -0.109. The lowest BCUT2D eigenvalue weighted by Crippen LogP contribution is -2.26. The van der Waals surface area contributed by atoms with E-state index in [0.29, 0.717) is 11.5 Å². The molecular weight excluding hydrogens is 214 g/mol. The van der Waals surface area contributed by atoms with Crippen molar-refractivity contribution in [3.8, 4) is 0 Å². The molecular formula is C10H19NO3S. The van der Waals surface area contributed by atoms with Gasteiger partial charge >= 0.3 is 0 Å². The standard InChI is InChI=1S/C10H19NO3S/c1-10(2)7-11-9(14-10)5-8-3-4-15(12,13)6-8/h8-9,11H,3-7H2,1-2H3. The van der Waals surface area contributed by atoms with Crippen molar-refractivity contribution in [2.75, 3.05) is 18.1 Å². The molecule has 0 aromatic carbocycles. The van der Waals surface area contributed by atoms with E-state index in [9.17, 15) is 8.42 Å². The molecule has 0 bridgehead atoms. The summed E-state index contributed by atoms with van der Waals surface area (Å²) in [4.78, 5) is 0. The fourth-order valence-electron chi connectivity index (χ4n) is 2.32. The van der Waals surface area contributed by atoms with Crippen LogP contribution in [0, 0.1) is 5.92 Å². The first-order chi connectivity index (χ1) is 6.86. The summed E-state index contributed by atoms with van der Waals surface area (Å²) in [6.45, 7) is 4.94. The molecule has 2 saturated heterocycles. The Kier molecular flexibility index (Phi) is 2.81. The van der Waals surface area contributed by atoms with E-state index >= 15 is 0 Å². The second kappa shape index (κ2) is 3.71. The molecule has 0 aromatic heterocycles. The minimum Gasteiger partial charge on any atom is -0.356 e. The van der Waals surface area contributed by atoms with Crippen LogP contribution in [0.4, 0.5) is 0 Å². The molecule has 0 saturated carbocycles.